The largest absolute Gasteiger partial charge is 0.480 e. The first-order valence-corrected chi connectivity index (χ1v) is 4.69. The molecule has 0 aromatic carbocycles. The molecule has 0 aliphatic carbocycles. The van der Waals surface area contributed by atoms with E-state index in [9.17, 15) is 14.4 Å². The fourth-order valence-corrected chi connectivity index (χ4v) is 0.875. The second-order valence-corrected chi connectivity index (χ2v) is 3.96. The molecule has 0 saturated heterocycles. The summed E-state index contributed by atoms with van der Waals surface area (Å²) in [6.45, 7) is 2.68. The minimum Gasteiger partial charge on any atom is -0.480 e. The van der Waals surface area contributed by atoms with Crippen molar-refractivity contribution in [1.29, 1.82) is 0 Å². The van der Waals surface area contributed by atoms with Crippen LogP contribution >= 0.6 is 0 Å². The molecule has 0 bridgehead atoms. The van der Waals surface area contributed by atoms with Crippen molar-refractivity contribution in [3.05, 3.63) is 0 Å². The maximum absolute atomic E-state index is 11.3. The molecule has 0 aliphatic heterocycles. The molecule has 5 N–H and O–H groups in total. The van der Waals surface area contributed by atoms with Crippen LogP contribution in [-0.2, 0) is 14.4 Å². The summed E-state index contributed by atoms with van der Waals surface area (Å²) >= 11 is 0. The van der Waals surface area contributed by atoms with E-state index in [0.717, 1.165) is 0 Å². The van der Waals surface area contributed by atoms with E-state index in [1.165, 1.54) is 13.8 Å². The Balaban J connectivity index is 4.11. The first-order chi connectivity index (χ1) is 7.16. The molecule has 0 aromatic rings. The van der Waals surface area contributed by atoms with Crippen LogP contribution in [0.2, 0.25) is 0 Å². The third kappa shape index (κ3) is 4.74. The molecule has 7 heteroatoms. The van der Waals surface area contributed by atoms with Crippen molar-refractivity contribution in [2.24, 2.45) is 5.73 Å². The standard InChI is InChI=1S/C9H16N2O5/c1-9(2,8(15)16)11-6(12)4-3-5(10)7(13)14/h5H,3-4,10H2,1-2H3,(H,11,12)(H,13,14)(H,15,16)/t5-/m0/s1. The summed E-state index contributed by atoms with van der Waals surface area (Å²) in [4.78, 5) is 32.3. The monoisotopic (exact) mass is 232 g/mol. The molecule has 0 fully saturated rings. The first kappa shape index (κ1) is 14.4. The molecule has 0 saturated carbocycles. The van der Waals surface area contributed by atoms with Gasteiger partial charge in [0.05, 0.1) is 0 Å². The molecule has 1 amide bonds. The summed E-state index contributed by atoms with van der Waals surface area (Å²) in [6.07, 6.45) is -0.152. The Labute approximate surface area is 92.6 Å². The molecule has 0 unspecified atom stereocenters. The van der Waals surface area contributed by atoms with Crippen LogP contribution in [0.1, 0.15) is 26.7 Å². The average Bonchev–Trinajstić information content (AvgIpc) is 2.12. The number of hydrogen-bond acceptors (Lipinski definition) is 4. The topological polar surface area (TPSA) is 130 Å². The summed E-state index contributed by atoms with van der Waals surface area (Å²) in [5.41, 5.74) is 3.82. The Morgan fingerprint density at radius 1 is 1.31 bits per heavy atom. The third-order valence-electron chi connectivity index (χ3n) is 1.99. The summed E-state index contributed by atoms with van der Waals surface area (Å²) in [5, 5.41) is 19.5. The van der Waals surface area contributed by atoms with Gasteiger partial charge in [-0.2, -0.15) is 0 Å². The van der Waals surface area contributed by atoms with Crippen molar-refractivity contribution >= 4 is 17.8 Å². The Morgan fingerprint density at radius 3 is 2.19 bits per heavy atom. The van der Waals surface area contributed by atoms with Gasteiger partial charge >= 0.3 is 11.9 Å². The van der Waals surface area contributed by atoms with Crippen LogP contribution in [0, 0.1) is 0 Å². The quantitative estimate of drug-likeness (QED) is 0.472. The van der Waals surface area contributed by atoms with Gasteiger partial charge in [-0.25, -0.2) is 4.79 Å². The molecular formula is C9H16N2O5. The van der Waals surface area contributed by atoms with Gasteiger partial charge < -0.3 is 21.3 Å². The van der Waals surface area contributed by atoms with E-state index in [4.69, 9.17) is 15.9 Å². The van der Waals surface area contributed by atoms with Gasteiger partial charge in [-0.05, 0) is 20.3 Å². The van der Waals surface area contributed by atoms with Crippen molar-refractivity contribution in [3.8, 4) is 0 Å². The Hall–Kier alpha value is -1.63. The van der Waals surface area contributed by atoms with Crippen LogP contribution in [0.4, 0.5) is 0 Å². The highest BCUT2D eigenvalue weighted by atomic mass is 16.4. The van der Waals surface area contributed by atoms with Crippen molar-refractivity contribution < 1.29 is 24.6 Å². The van der Waals surface area contributed by atoms with Crippen LogP contribution in [0.15, 0.2) is 0 Å². The van der Waals surface area contributed by atoms with Crippen molar-refractivity contribution in [2.45, 2.75) is 38.3 Å². The van der Waals surface area contributed by atoms with E-state index >= 15 is 0 Å². The van der Waals surface area contributed by atoms with E-state index in [2.05, 4.69) is 5.32 Å². The minimum absolute atomic E-state index is 0.0309. The van der Waals surface area contributed by atoms with Crippen molar-refractivity contribution in [1.82, 2.24) is 5.32 Å². The number of nitrogens with one attached hydrogen (secondary N) is 1. The van der Waals surface area contributed by atoms with Gasteiger partial charge in [0.1, 0.15) is 11.6 Å². The summed E-state index contributed by atoms with van der Waals surface area (Å²) in [6, 6.07) is -1.11. The van der Waals surface area contributed by atoms with Gasteiger partial charge in [-0.1, -0.05) is 0 Å². The van der Waals surface area contributed by atoms with E-state index in [1.807, 2.05) is 0 Å². The fourth-order valence-electron chi connectivity index (χ4n) is 0.875. The Bertz CT molecular complexity index is 300. The Morgan fingerprint density at radius 2 is 1.81 bits per heavy atom. The molecule has 16 heavy (non-hydrogen) atoms. The lowest BCUT2D eigenvalue weighted by Crippen LogP contribution is -2.50. The number of carboxylic acid groups (broad SMARTS) is 2. The van der Waals surface area contributed by atoms with Crippen LogP contribution in [0.25, 0.3) is 0 Å². The smallest absolute Gasteiger partial charge is 0.328 e. The molecule has 0 heterocycles. The van der Waals surface area contributed by atoms with Gasteiger partial charge in [0.2, 0.25) is 5.91 Å². The van der Waals surface area contributed by atoms with Gasteiger partial charge in [0.25, 0.3) is 0 Å². The van der Waals surface area contributed by atoms with Gasteiger partial charge in [0.15, 0.2) is 0 Å². The van der Waals surface area contributed by atoms with Crippen molar-refractivity contribution in [2.75, 3.05) is 0 Å². The normalized spacial score (nSPS) is 12.9. The van der Waals surface area contributed by atoms with E-state index < -0.39 is 29.4 Å². The van der Waals surface area contributed by atoms with Gasteiger partial charge in [-0.15, -0.1) is 0 Å². The molecular weight excluding hydrogens is 216 g/mol. The minimum atomic E-state index is -1.37. The average molecular weight is 232 g/mol. The lowest BCUT2D eigenvalue weighted by atomic mass is 10.1. The maximum Gasteiger partial charge on any atom is 0.328 e. The highest BCUT2D eigenvalue weighted by Gasteiger charge is 2.28. The van der Waals surface area contributed by atoms with Crippen molar-refractivity contribution in [3.63, 3.8) is 0 Å². The highest BCUT2D eigenvalue weighted by Crippen LogP contribution is 2.03. The second-order valence-electron chi connectivity index (χ2n) is 3.96. The Kier molecular flexibility index (Phi) is 4.90. The maximum atomic E-state index is 11.3. The molecule has 0 aliphatic rings. The molecule has 0 aromatic heterocycles. The molecule has 0 spiro atoms. The summed E-state index contributed by atoms with van der Waals surface area (Å²) in [5.74, 6) is -2.89. The van der Waals surface area contributed by atoms with Gasteiger partial charge in [0, 0.05) is 6.42 Å². The van der Waals surface area contributed by atoms with Crippen LogP contribution < -0.4 is 11.1 Å². The number of carboxylic acids is 2. The van der Waals surface area contributed by atoms with E-state index in [-0.39, 0.29) is 12.8 Å². The number of carbonyl (C=O) groups is 3. The number of hydrogen-bond donors (Lipinski definition) is 4. The number of carbonyl (C=O) groups excluding carboxylic acids is 1. The zero-order valence-electron chi connectivity index (χ0n) is 9.19. The van der Waals surface area contributed by atoms with E-state index in [1.54, 1.807) is 0 Å². The molecule has 0 radical (unpaired) electrons. The number of amides is 1. The predicted molar refractivity (Wildman–Crippen MR) is 54.7 cm³/mol. The second kappa shape index (κ2) is 5.45. The predicted octanol–water partition coefficient (Wildman–Crippen LogP) is -0.842. The molecule has 1 atom stereocenters. The number of aliphatic carboxylic acids is 2. The lowest BCUT2D eigenvalue weighted by Gasteiger charge is -2.21. The number of rotatable bonds is 6. The molecule has 92 valence electrons. The number of nitrogens with two attached hydrogens (primary N) is 1. The van der Waals surface area contributed by atoms with Crippen LogP contribution in [-0.4, -0.2) is 39.6 Å². The van der Waals surface area contributed by atoms with Gasteiger partial charge in [-0.3, -0.25) is 9.59 Å². The van der Waals surface area contributed by atoms with Crippen LogP contribution in [0.5, 0.6) is 0 Å². The van der Waals surface area contributed by atoms with Crippen LogP contribution in [0.3, 0.4) is 0 Å². The zero-order chi connectivity index (χ0) is 12.9. The zero-order valence-corrected chi connectivity index (χ0v) is 9.19. The fraction of sp³-hybridized carbons (Fsp3) is 0.667. The summed E-state index contributed by atoms with van der Waals surface area (Å²) < 4.78 is 0. The molecule has 0 rings (SSSR count). The third-order valence-corrected chi connectivity index (χ3v) is 1.99. The lowest BCUT2D eigenvalue weighted by molar-refractivity contribution is -0.146. The SMILES string of the molecule is CC(C)(NC(=O)CC[C@H](N)C(=O)O)C(=O)O. The summed E-state index contributed by atoms with van der Waals surface area (Å²) in [7, 11) is 0. The van der Waals surface area contributed by atoms with E-state index in [0.29, 0.717) is 0 Å². The highest BCUT2D eigenvalue weighted by molar-refractivity contribution is 5.86. The first-order valence-electron chi connectivity index (χ1n) is 4.69. The molecule has 7 nitrogen and oxygen atoms in total.